The second-order valence-corrected chi connectivity index (χ2v) is 4.51. The van der Waals surface area contributed by atoms with Gasteiger partial charge in [-0.15, -0.1) is 0 Å². The van der Waals surface area contributed by atoms with Crippen LogP contribution in [0.4, 0.5) is 11.4 Å². The zero-order valence-electron chi connectivity index (χ0n) is 11.2. The Morgan fingerprint density at radius 1 is 1.20 bits per heavy atom. The monoisotopic (exact) mass is 267 g/mol. The van der Waals surface area contributed by atoms with Crippen LogP contribution in [0, 0.1) is 0 Å². The second-order valence-electron chi connectivity index (χ2n) is 4.51. The Kier molecular flexibility index (Phi) is 2.90. The van der Waals surface area contributed by atoms with Crippen molar-refractivity contribution in [3.63, 3.8) is 0 Å². The van der Waals surface area contributed by atoms with Crippen LogP contribution in [-0.4, -0.2) is 33.0 Å². The molecule has 3 rings (SSSR count). The Morgan fingerprint density at radius 3 is 2.65 bits per heavy atom. The zero-order valence-corrected chi connectivity index (χ0v) is 11.2. The number of aromatic amines is 1. The predicted octanol–water partition coefficient (Wildman–Crippen LogP) is 2.32. The lowest BCUT2D eigenvalue weighted by Crippen LogP contribution is -2.09. The number of fused-ring (bicyclic) bond motifs is 1. The number of rotatable bonds is 3. The fourth-order valence-electron chi connectivity index (χ4n) is 2.09. The van der Waals surface area contributed by atoms with Gasteiger partial charge < -0.3 is 4.90 Å². The summed E-state index contributed by atoms with van der Waals surface area (Å²) in [6.07, 6.45) is 4.96. The van der Waals surface area contributed by atoms with Crippen LogP contribution in [-0.2, 0) is 0 Å². The molecule has 1 aromatic carbocycles. The Morgan fingerprint density at radius 2 is 1.95 bits per heavy atom. The summed E-state index contributed by atoms with van der Waals surface area (Å²) in [5.74, 6) is -0.0564. The van der Waals surface area contributed by atoms with E-state index in [-0.39, 0.29) is 5.78 Å². The first-order chi connectivity index (χ1) is 9.66. The smallest absolute Gasteiger partial charge is 0.180 e. The van der Waals surface area contributed by atoms with Gasteiger partial charge in [0.25, 0.3) is 0 Å². The molecule has 0 aliphatic rings. The fourth-order valence-corrected chi connectivity index (χ4v) is 2.09. The van der Waals surface area contributed by atoms with Gasteiger partial charge in [-0.3, -0.25) is 9.89 Å². The first-order valence-corrected chi connectivity index (χ1v) is 6.14. The molecule has 0 bridgehead atoms. The number of anilines is 2. The van der Waals surface area contributed by atoms with Gasteiger partial charge in [-0.05, 0) is 18.2 Å². The van der Waals surface area contributed by atoms with Gasteiger partial charge in [0, 0.05) is 25.0 Å². The Bertz CT molecular complexity index is 766. The average molecular weight is 267 g/mol. The molecular formula is C14H13N5O. The molecule has 6 nitrogen and oxygen atoms in total. The lowest BCUT2D eigenvalue weighted by molar-refractivity contribution is 0.101. The maximum Gasteiger partial charge on any atom is 0.180 e. The predicted molar refractivity (Wildman–Crippen MR) is 76.2 cm³/mol. The molecule has 6 heteroatoms. The van der Waals surface area contributed by atoms with Crippen molar-refractivity contribution in [3.05, 3.63) is 42.6 Å². The van der Waals surface area contributed by atoms with Crippen LogP contribution in [0.25, 0.3) is 10.9 Å². The van der Waals surface area contributed by atoms with Crippen LogP contribution in [0.1, 0.15) is 17.4 Å². The molecule has 20 heavy (non-hydrogen) atoms. The van der Waals surface area contributed by atoms with Crippen molar-refractivity contribution < 1.29 is 4.79 Å². The van der Waals surface area contributed by atoms with E-state index in [0.717, 1.165) is 22.3 Å². The van der Waals surface area contributed by atoms with E-state index in [1.807, 2.05) is 30.1 Å². The van der Waals surface area contributed by atoms with Gasteiger partial charge in [-0.1, -0.05) is 0 Å². The van der Waals surface area contributed by atoms with E-state index in [1.54, 1.807) is 12.4 Å². The number of nitrogens with zero attached hydrogens (tertiary/aromatic N) is 4. The first kappa shape index (κ1) is 12.3. The third kappa shape index (κ3) is 2.01. The van der Waals surface area contributed by atoms with Crippen molar-refractivity contribution >= 4 is 28.1 Å². The van der Waals surface area contributed by atoms with Gasteiger partial charge >= 0.3 is 0 Å². The standard InChI is InChI=1S/C14H13N5O/c1-9(20)14-12-5-10(3-4-13(12)17-18-14)19(2)11-6-15-8-16-7-11/h3-8H,1-2H3,(H,17,18). The maximum atomic E-state index is 11.6. The lowest BCUT2D eigenvalue weighted by atomic mass is 10.1. The summed E-state index contributed by atoms with van der Waals surface area (Å²) < 4.78 is 0. The van der Waals surface area contributed by atoms with E-state index >= 15 is 0 Å². The van der Waals surface area contributed by atoms with Crippen LogP contribution in [0.15, 0.2) is 36.9 Å². The van der Waals surface area contributed by atoms with Crippen LogP contribution in [0.5, 0.6) is 0 Å². The van der Waals surface area contributed by atoms with Crippen molar-refractivity contribution in [2.24, 2.45) is 0 Å². The summed E-state index contributed by atoms with van der Waals surface area (Å²) in [6.45, 7) is 1.51. The molecule has 0 fully saturated rings. The minimum absolute atomic E-state index is 0.0564. The van der Waals surface area contributed by atoms with Gasteiger partial charge in [-0.2, -0.15) is 5.10 Å². The molecule has 0 saturated carbocycles. The number of carbonyl (C=O) groups excluding carboxylic acids is 1. The maximum absolute atomic E-state index is 11.6. The fraction of sp³-hybridized carbons (Fsp3) is 0.143. The minimum atomic E-state index is -0.0564. The van der Waals surface area contributed by atoms with Gasteiger partial charge in [0.1, 0.15) is 12.0 Å². The molecule has 0 unspecified atom stereocenters. The SMILES string of the molecule is CC(=O)c1n[nH]c2ccc(N(C)c3cncnc3)cc12. The van der Waals surface area contributed by atoms with E-state index in [1.165, 1.54) is 13.3 Å². The number of H-pyrrole nitrogens is 1. The molecule has 0 amide bonds. The highest BCUT2D eigenvalue weighted by molar-refractivity contribution is 6.05. The largest absolute Gasteiger partial charge is 0.342 e. The Hall–Kier alpha value is -2.76. The van der Waals surface area contributed by atoms with Crippen molar-refractivity contribution in [1.82, 2.24) is 20.2 Å². The quantitative estimate of drug-likeness (QED) is 0.737. The number of nitrogens with one attached hydrogen (secondary N) is 1. The molecule has 0 radical (unpaired) electrons. The summed E-state index contributed by atoms with van der Waals surface area (Å²) in [7, 11) is 1.92. The molecule has 0 aliphatic carbocycles. The summed E-state index contributed by atoms with van der Waals surface area (Å²) in [5, 5.41) is 7.73. The topological polar surface area (TPSA) is 74.8 Å². The molecule has 1 N–H and O–H groups in total. The van der Waals surface area contributed by atoms with Crippen LogP contribution in [0.2, 0.25) is 0 Å². The van der Waals surface area contributed by atoms with Crippen LogP contribution in [0.3, 0.4) is 0 Å². The van der Waals surface area contributed by atoms with E-state index in [2.05, 4.69) is 20.2 Å². The Balaban J connectivity index is 2.08. The third-order valence-electron chi connectivity index (χ3n) is 3.20. The second kappa shape index (κ2) is 4.73. The first-order valence-electron chi connectivity index (χ1n) is 6.14. The molecule has 2 aromatic heterocycles. The molecule has 3 aromatic rings. The van der Waals surface area contributed by atoms with E-state index in [0.29, 0.717) is 5.69 Å². The number of hydrogen-bond acceptors (Lipinski definition) is 5. The lowest BCUT2D eigenvalue weighted by Gasteiger charge is -2.18. The normalized spacial score (nSPS) is 10.7. The van der Waals surface area contributed by atoms with Crippen LogP contribution < -0.4 is 4.90 Å². The average Bonchev–Trinajstić information content (AvgIpc) is 2.90. The van der Waals surface area contributed by atoms with Crippen molar-refractivity contribution in [2.45, 2.75) is 6.92 Å². The Labute approximate surface area is 115 Å². The van der Waals surface area contributed by atoms with Crippen LogP contribution >= 0.6 is 0 Å². The van der Waals surface area contributed by atoms with Gasteiger partial charge in [-0.25, -0.2) is 9.97 Å². The molecule has 0 atom stereocenters. The van der Waals surface area contributed by atoms with Gasteiger partial charge in [0.2, 0.25) is 0 Å². The van der Waals surface area contributed by atoms with Gasteiger partial charge in [0.05, 0.1) is 23.6 Å². The molecule has 0 aliphatic heterocycles. The number of Topliss-reactive ketones (excluding diaryl/α,β-unsaturated/α-hetero) is 1. The van der Waals surface area contributed by atoms with E-state index in [4.69, 9.17) is 0 Å². The minimum Gasteiger partial charge on any atom is -0.342 e. The molecular weight excluding hydrogens is 254 g/mol. The summed E-state index contributed by atoms with van der Waals surface area (Å²) in [5.41, 5.74) is 3.12. The highest BCUT2D eigenvalue weighted by Crippen LogP contribution is 2.27. The van der Waals surface area contributed by atoms with E-state index < -0.39 is 0 Å². The number of aromatic nitrogens is 4. The number of benzene rings is 1. The number of carbonyl (C=O) groups is 1. The highest BCUT2D eigenvalue weighted by Gasteiger charge is 2.12. The van der Waals surface area contributed by atoms with Gasteiger partial charge in [0.15, 0.2) is 5.78 Å². The number of hydrogen-bond donors (Lipinski definition) is 1. The molecule has 0 saturated heterocycles. The zero-order chi connectivity index (χ0) is 14.1. The summed E-state index contributed by atoms with van der Waals surface area (Å²) >= 11 is 0. The van der Waals surface area contributed by atoms with Crippen molar-refractivity contribution in [1.29, 1.82) is 0 Å². The van der Waals surface area contributed by atoms with E-state index in [9.17, 15) is 4.79 Å². The molecule has 2 heterocycles. The highest BCUT2D eigenvalue weighted by atomic mass is 16.1. The number of ketones is 1. The summed E-state index contributed by atoms with van der Waals surface area (Å²) in [4.78, 5) is 21.5. The molecule has 100 valence electrons. The molecule has 0 spiro atoms. The van der Waals surface area contributed by atoms with Crippen molar-refractivity contribution in [3.8, 4) is 0 Å². The third-order valence-corrected chi connectivity index (χ3v) is 3.20. The summed E-state index contributed by atoms with van der Waals surface area (Å²) in [6, 6.07) is 5.80. The van der Waals surface area contributed by atoms with Crippen molar-refractivity contribution in [2.75, 3.05) is 11.9 Å².